The summed E-state index contributed by atoms with van der Waals surface area (Å²) < 4.78 is 10.7. The summed E-state index contributed by atoms with van der Waals surface area (Å²) in [4.78, 5) is 10.4. The molecule has 0 aliphatic heterocycles. The first kappa shape index (κ1) is 40.9. The average molecular weight is 857 g/mol. The van der Waals surface area contributed by atoms with Gasteiger partial charge in [0.1, 0.15) is 11.6 Å². The van der Waals surface area contributed by atoms with Gasteiger partial charge in [-0.25, -0.2) is 4.98 Å². The molecule has 0 saturated carbocycles. The standard InChI is InChI=1S/C62H53N3O/c1-40(2)42-27-29-44(30-28-42)46-33-34-63-55(39-46)50-37-48(43-17-9-7-10-18-43)36-49(38-50)52-23-16-25-57-60(52)64-61(53-21-13-14-26-58(53)66)65(57)56-32-31-47(35-41(56)3)59-51(45-19-11-8-12-20-45)22-15-24-54(59)62(4,5)6/h7-40,66H,1-6H3/i40D. The largest absolute Gasteiger partial charge is 0.507 e. The van der Waals surface area contributed by atoms with Crippen molar-refractivity contribution >= 4 is 11.0 Å². The van der Waals surface area contributed by atoms with Crippen LogP contribution >= 0.6 is 0 Å². The number of aromatic nitrogens is 3. The number of nitrogens with zero attached hydrogens (tertiary/aromatic N) is 3. The number of pyridine rings is 1. The molecule has 66 heavy (non-hydrogen) atoms. The van der Waals surface area contributed by atoms with Gasteiger partial charge < -0.3 is 5.11 Å². The topological polar surface area (TPSA) is 50.9 Å². The third-order valence-electron chi connectivity index (χ3n) is 12.7. The highest BCUT2D eigenvalue weighted by molar-refractivity contribution is 5.98. The molecule has 0 bridgehead atoms. The normalized spacial score (nSPS) is 12.1. The molecule has 322 valence electrons. The fraction of sp³-hybridized carbons (Fsp3) is 0.129. The second-order valence-corrected chi connectivity index (χ2v) is 18.5. The Morgan fingerprint density at radius 1 is 0.530 bits per heavy atom. The van der Waals surface area contributed by atoms with E-state index in [0.29, 0.717) is 11.4 Å². The van der Waals surface area contributed by atoms with Crippen LogP contribution in [0.1, 0.15) is 58.6 Å². The van der Waals surface area contributed by atoms with Gasteiger partial charge in [0.2, 0.25) is 0 Å². The number of hydrogen-bond acceptors (Lipinski definition) is 3. The molecule has 0 radical (unpaired) electrons. The molecule has 0 amide bonds. The fourth-order valence-corrected chi connectivity index (χ4v) is 9.32. The van der Waals surface area contributed by atoms with Gasteiger partial charge in [0, 0.05) is 18.7 Å². The summed E-state index contributed by atoms with van der Waals surface area (Å²) in [6.45, 7) is 12.8. The van der Waals surface area contributed by atoms with Crippen molar-refractivity contribution in [3.8, 4) is 89.7 Å². The van der Waals surface area contributed by atoms with E-state index in [1.54, 1.807) is 6.07 Å². The van der Waals surface area contributed by atoms with E-state index in [-0.39, 0.29) is 11.2 Å². The molecular weight excluding hydrogens is 803 g/mol. The Hall–Kier alpha value is -7.82. The first-order chi connectivity index (χ1) is 32.3. The molecule has 0 saturated heterocycles. The predicted molar refractivity (Wildman–Crippen MR) is 276 cm³/mol. The molecule has 2 heterocycles. The highest BCUT2D eigenvalue weighted by atomic mass is 16.3. The van der Waals surface area contributed by atoms with Gasteiger partial charge in [-0.15, -0.1) is 0 Å². The molecular formula is C62H53N3O. The minimum absolute atomic E-state index is 0.0924. The zero-order valence-electron chi connectivity index (χ0n) is 39.3. The van der Waals surface area contributed by atoms with Gasteiger partial charge >= 0.3 is 0 Å². The number of aryl methyl sites for hydroxylation is 1. The molecule has 4 nitrogen and oxygen atoms in total. The molecule has 0 spiro atoms. The maximum absolute atomic E-state index is 11.5. The number of rotatable bonds is 9. The number of para-hydroxylation sites is 2. The second kappa shape index (κ2) is 17.3. The Morgan fingerprint density at radius 2 is 1.15 bits per heavy atom. The van der Waals surface area contributed by atoms with Gasteiger partial charge in [0.25, 0.3) is 0 Å². The summed E-state index contributed by atoms with van der Waals surface area (Å²) in [6, 6.07) is 67.5. The van der Waals surface area contributed by atoms with Crippen LogP contribution in [0.3, 0.4) is 0 Å². The quantitative estimate of drug-likeness (QED) is 0.157. The first-order valence-electron chi connectivity index (χ1n) is 23.2. The summed E-state index contributed by atoms with van der Waals surface area (Å²) in [5, 5.41) is 11.5. The van der Waals surface area contributed by atoms with Gasteiger partial charge in [-0.05, 0) is 146 Å². The molecule has 4 heteroatoms. The third-order valence-corrected chi connectivity index (χ3v) is 12.7. The Balaban J connectivity index is 1.15. The highest BCUT2D eigenvalue weighted by Gasteiger charge is 2.25. The molecule has 0 fully saturated rings. The molecule has 0 unspecified atom stereocenters. The third kappa shape index (κ3) is 8.01. The molecule has 0 aliphatic rings. The number of fused-ring (bicyclic) bond motifs is 1. The molecule has 8 aromatic carbocycles. The highest BCUT2D eigenvalue weighted by Crippen LogP contribution is 2.44. The van der Waals surface area contributed by atoms with E-state index in [2.05, 4.69) is 178 Å². The van der Waals surface area contributed by atoms with Gasteiger partial charge in [-0.1, -0.05) is 168 Å². The van der Waals surface area contributed by atoms with E-state index in [4.69, 9.17) is 11.3 Å². The lowest BCUT2D eigenvalue weighted by Gasteiger charge is -2.26. The van der Waals surface area contributed by atoms with E-state index in [0.717, 1.165) is 78.0 Å². The van der Waals surface area contributed by atoms with Crippen molar-refractivity contribution in [1.82, 2.24) is 14.5 Å². The summed E-state index contributed by atoms with van der Waals surface area (Å²) in [5.74, 6) is 0.149. The summed E-state index contributed by atoms with van der Waals surface area (Å²) in [6.07, 6.45) is 1.88. The maximum atomic E-state index is 11.5. The van der Waals surface area contributed by atoms with E-state index >= 15 is 0 Å². The monoisotopic (exact) mass is 856 g/mol. The average Bonchev–Trinajstić information content (AvgIpc) is 3.73. The number of benzene rings is 8. The number of phenols is 1. The van der Waals surface area contributed by atoms with Crippen molar-refractivity contribution in [3.63, 3.8) is 0 Å². The van der Waals surface area contributed by atoms with Crippen molar-refractivity contribution in [2.45, 2.75) is 52.9 Å². The zero-order valence-corrected chi connectivity index (χ0v) is 38.3. The van der Waals surface area contributed by atoms with E-state index < -0.39 is 5.89 Å². The zero-order chi connectivity index (χ0) is 46.5. The first-order valence-corrected chi connectivity index (χ1v) is 22.7. The van der Waals surface area contributed by atoms with Gasteiger partial charge in [0.15, 0.2) is 0 Å². The van der Waals surface area contributed by atoms with Crippen LogP contribution in [0.5, 0.6) is 5.75 Å². The van der Waals surface area contributed by atoms with Gasteiger partial charge in [-0.3, -0.25) is 9.55 Å². The van der Waals surface area contributed by atoms with Gasteiger partial charge in [0.05, 0.1) is 28.0 Å². The Labute approximate surface area is 390 Å². The summed E-state index contributed by atoms with van der Waals surface area (Å²) >= 11 is 0. The number of phenolic OH excluding ortho intramolecular Hbond substituents is 1. The smallest absolute Gasteiger partial charge is 0.149 e. The lowest BCUT2D eigenvalue weighted by Crippen LogP contribution is -2.13. The van der Waals surface area contributed by atoms with E-state index in [1.807, 2.05) is 62.5 Å². The molecule has 2 aromatic heterocycles. The van der Waals surface area contributed by atoms with E-state index in [9.17, 15) is 5.11 Å². The lowest BCUT2D eigenvalue weighted by atomic mass is 9.78. The van der Waals surface area contributed by atoms with Crippen LogP contribution < -0.4 is 0 Å². The maximum Gasteiger partial charge on any atom is 0.149 e. The molecule has 10 aromatic rings. The number of imidazole rings is 1. The lowest BCUT2D eigenvalue weighted by molar-refractivity contribution is 0.477. The van der Waals surface area contributed by atoms with Crippen LogP contribution in [-0.4, -0.2) is 19.6 Å². The van der Waals surface area contributed by atoms with Crippen LogP contribution in [0.2, 0.25) is 0 Å². The van der Waals surface area contributed by atoms with Crippen molar-refractivity contribution < 1.29 is 6.48 Å². The number of hydrogen-bond donors (Lipinski definition) is 1. The van der Waals surface area contributed by atoms with Crippen LogP contribution in [0.15, 0.2) is 200 Å². The van der Waals surface area contributed by atoms with Crippen molar-refractivity contribution in [1.29, 1.82) is 0 Å². The Kier molecular flexibility index (Phi) is 10.7. The van der Waals surface area contributed by atoms with Crippen molar-refractivity contribution in [3.05, 3.63) is 217 Å². The number of aromatic hydroxyl groups is 1. The van der Waals surface area contributed by atoms with E-state index in [1.165, 1.54) is 22.3 Å². The fourth-order valence-electron chi connectivity index (χ4n) is 9.32. The summed E-state index contributed by atoms with van der Waals surface area (Å²) in [5.41, 5.74) is 19.5. The molecule has 1 N–H and O–H groups in total. The molecule has 0 atom stereocenters. The second-order valence-electron chi connectivity index (χ2n) is 18.5. The summed E-state index contributed by atoms with van der Waals surface area (Å²) in [7, 11) is 0. The minimum atomic E-state index is -0.674. The Morgan fingerprint density at radius 3 is 1.86 bits per heavy atom. The van der Waals surface area contributed by atoms with Crippen LogP contribution in [-0.2, 0) is 5.41 Å². The molecule has 0 aliphatic carbocycles. The SMILES string of the molecule is [2H]C(C)(C)c1ccc(-c2ccnc(-c3cc(-c4ccccc4)cc(-c4cccc5c4nc(-c4ccccc4O)n5-c4ccc(-c5c(-c6ccccc6)cccc5C(C)(C)C)cc4C)c3)c2)cc1. The van der Waals surface area contributed by atoms with Crippen LogP contribution in [0.25, 0.3) is 95.0 Å². The predicted octanol–water partition coefficient (Wildman–Crippen LogP) is 16.5. The van der Waals surface area contributed by atoms with Crippen molar-refractivity contribution in [2.75, 3.05) is 0 Å². The molecule has 10 rings (SSSR count). The van der Waals surface area contributed by atoms with Crippen LogP contribution in [0, 0.1) is 6.92 Å². The van der Waals surface area contributed by atoms with Crippen molar-refractivity contribution in [2.24, 2.45) is 0 Å². The Bertz CT molecular complexity index is 3430. The van der Waals surface area contributed by atoms with Crippen LogP contribution in [0.4, 0.5) is 0 Å². The minimum Gasteiger partial charge on any atom is -0.507 e. The van der Waals surface area contributed by atoms with Gasteiger partial charge in [-0.2, -0.15) is 0 Å².